The normalized spacial score (nSPS) is 11.0. The summed E-state index contributed by atoms with van der Waals surface area (Å²) in [6.45, 7) is 0. The second-order valence-corrected chi connectivity index (χ2v) is 4.25. The maximum Gasteiger partial charge on any atom is 0.140 e. The van der Waals surface area contributed by atoms with Gasteiger partial charge in [-0.05, 0) is 42.5 Å². The molecule has 0 unspecified atom stereocenters. The number of hydrogen-bond acceptors (Lipinski definition) is 2. The molecule has 0 aliphatic heterocycles. The first kappa shape index (κ1) is 10.8. The van der Waals surface area contributed by atoms with E-state index in [1.54, 1.807) is 12.1 Å². The summed E-state index contributed by atoms with van der Waals surface area (Å²) in [5.74, 6) is 0.553. The Morgan fingerprint density at radius 3 is 2.56 bits per heavy atom. The molecule has 0 fully saturated rings. The van der Waals surface area contributed by atoms with Crippen LogP contribution in [0.1, 0.15) is 0 Å². The van der Waals surface area contributed by atoms with Crippen LogP contribution in [-0.2, 0) is 7.05 Å². The van der Waals surface area contributed by atoms with Crippen LogP contribution in [0.2, 0.25) is 0 Å². The number of anilines is 1. The molecule has 0 bridgehead atoms. The Hall–Kier alpha value is -2.36. The lowest BCUT2D eigenvalue weighted by atomic mass is 10.2. The van der Waals surface area contributed by atoms with Gasteiger partial charge in [-0.2, -0.15) is 0 Å². The summed E-state index contributed by atoms with van der Waals surface area (Å²) < 4.78 is 14.9. The molecule has 0 saturated heterocycles. The van der Waals surface area contributed by atoms with Gasteiger partial charge in [0.2, 0.25) is 0 Å². The lowest BCUT2D eigenvalue weighted by molar-refractivity contribution is 0.628. The Balaban J connectivity index is 2.23. The van der Waals surface area contributed by atoms with Crippen molar-refractivity contribution in [2.45, 2.75) is 0 Å². The monoisotopic (exact) mass is 241 g/mol. The summed E-state index contributed by atoms with van der Waals surface area (Å²) >= 11 is 0. The lowest BCUT2D eigenvalue weighted by Crippen LogP contribution is -1.92. The Labute approximate surface area is 104 Å². The van der Waals surface area contributed by atoms with E-state index in [0.717, 1.165) is 22.4 Å². The number of benzene rings is 2. The molecule has 90 valence electrons. The molecule has 1 aromatic heterocycles. The number of nitrogens with zero attached hydrogens (tertiary/aromatic N) is 2. The van der Waals surface area contributed by atoms with Gasteiger partial charge in [0.05, 0.1) is 11.0 Å². The molecular weight excluding hydrogens is 229 g/mol. The summed E-state index contributed by atoms with van der Waals surface area (Å²) in [6, 6.07) is 11.9. The van der Waals surface area contributed by atoms with Crippen LogP contribution in [0.5, 0.6) is 0 Å². The quantitative estimate of drug-likeness (QED) is 0.666. The number of rotatable bonds is 1. The van der Waals surface area contributed by atoms with Crippen molar-refractivity contribution < 1.29 is 4.39 Å². The smallest absolute Gasteiger partial charge is 0.140 e. The summed E-state index contributed by atoms with van der Waals surface area (Å²) in [7, 11) is 1.93. The summed E-state index contributed by atoms with van der Waals surface area (Å²) in [6.07, 6.45) is 0. The number of nitrogen functional groups attached to an aromatic ring is 1. The van der Waals surface area contributed by atoms with E-state index in [-0.39, 0.29) is 5.82 Å². The first-order chi connectivity index (χ1) is 8.65. The van der Waals surface area contributed by atoms with Gasteiger partial charge < -0.3 is 10.3 Å². The van der Waals surface area contributed by atoms with Gasteiger partial charge in [0.15, 0.2) is 0 Å². The van der Waals surface area contributed by atoms with Crippen molar-refractivity contribution in [2.75, 3.05) is 5.73 Å². The minimum Gasteiger partial charge on any atom is -0.399 e. The zero-order valence-corrected chi connectivity index (χ0v) is 9.89. The van der Waals surface area contributed by atoms with Crippen LogP contribution < -0.4 is 5.73 Å². The lowest BCUT2D eigenvalue weighted by Gasteiger charge is -2.02. The van der Waals surface area contributed by atoms with Crippen LogP contribution in [0.25, 0.3) is 22.4 Å². The number of nitrogens with two attached hydrogens (primary N) is 1. The third-order valence-electron chi connectivity index (χ3n) is 3.01. The van der Waals surface area contributed by atoms with E-state index in [1.807, 2.05) is 29.8 Å². The van der Waals surface area contributed by atoms with Gasteiger partial charge in [-0.25, -0.2) is 9.37 Å². The van der Waals surface area contributed by atoms with Crippen LogP contribution in [0, 0.1) is 5.82 Å². The van der Waals surface area contributed by atoms with Gasteiger partial charge in [0.1, 0.15) is 11.6 Å². The molecule has 18 heavy (non-hydrogen) atoms. The average Bonchev–Trinajstić information content (AvgIpc) is 2.67. The van der Waals surface area contributed by atoms with Crippen LogP contribution in [0.15, 0.2) is 42.5 Å². The molecule has 4 heteroatoms. The highest BCUT2D eigenvalue weighted by Gasteiger charge is 2.09. The van der Waals surface area contributed by atoms with E-state index >= 15 is 0 Å². The van der Waals surface area contributed by atoms with Crippen molar-refractivity contribution in [1.29, 1.82) is 0 Å². The summed E-state index contributed by atoms with van der Waals surface area (Å²) in [5, 5.41) is 0. The summed E-state index contributed by atoms with van der Waals surface area (Å²) in [4.78, 5) is 4.53. The van der Waals surface area contributed by atoms with Crippen LogP contribution in [0.3, 0.4) is 0 Å². The maximum absolute atomic E-state index is 12.9. The fourth-order valence-electron chi connectivity index (χ4n) is 2.07. The first-order valence-corrected chi connectivity index (χ1v) is 5.63. The summed E-state index contributed by atoms with van der Waals surface area (Å²) in [5.41, 5.74) is 9.16. The minimum atomic E-state index is -0.248. The van der Waals surface area contributed by atoms with E-state index in [0.29, 0.717) is 5.69 Å². The number of aromatic nitrogens is 2. The Kier molecular flexibility index (Phi) is 2.30. The first-order valence-electron chi connectivity index (χ1n) is 5.63. The molecule has 3 rings (SSSR count). The molecule has 0 spiro atoms. The molecule has 2 N–H and O–H groups in total. The van der Waals surface area contributed by atoms with Gasteiger partial charge in [0.25, 0.3) is 0 Å². The Morgan fingerprint density at radius 2 is 1.83 bits per heavy atom. The molecular formula is C14H12FN3. The van der Waals surface area contributed by atoms with Crippen molar-refractivity contribution in [3.05, 3.63) is 48.3 Å². The molecule has 0 aliphatic carbocycles. The van der Waals surface area contributed by atoms with Gasteiger partial charge >= 0.3 is 0 Å². The van der Waals surface area contributed by atoms with E-state index < -0.39 is 0 Å². The molecule has 0 atom stereocenters. The molecule has 0 aliphatic rings. The largest absolute Gasteiger partial charge is 0.399 e. The minimum absolute atomic E-state index is 0.248. The van der Waals surface area contributed by atoms with Crippen molar-refractivity contribution >= 4 is 16.7 Å². The van der Waals surface area contributed by atoms with Crippen molar-refractivity contribution in [1.82, 2.24) is 9.55 Å². The molecule has 2 aromatic carbocycles. The Bertz CT molecular complexity index is 714. The van der Waals surface area contributed by atoms with Crippen LogP contribution >= 0.6 is 0 Å². The number of imidazole rings is 1. The zero-order valence-electron chi connectivity index (χ0n) is 9.89. The van der Waals surface area contributed by atoms with E-state index in [2.05, 4.69) is 4.98 Å². The number of aryl methyl sites for hydroxylation is 1. The van der Waals surface area contributed by atoms with Crippen molar-refractivity contribution in [2.24, 2.45) is 7.05 Å². The van der Waals surface area contributed by atoms with Gasteiger partial charge in [0, 0.05) is 18.3 Å². The predicted molar refractivity (Wildman–Crippen MR) is 70.5 cm³/mol. The molecule has 3 aromatic rings. The average molecular weight is 241 g/mol. The number of fused-ring (bicyclic) bond motifs is 1. The fraction of sp³-hybridized carbons (Fsp3) is 0.0714. The third-order valence-corrected chi connectivity index (χ3v) is 3.01. The number of halogens is 1. The van der Waals surface area contributed by atoms with Crippen molar-refractivity contribution in [3.63, 3.8) is 0 Å². The fourth-order valence-corrected chi connectivity index (χ4v) is 2.07. The third kappa shape index (κ3) is 1.62. The highest BCUT2D eigenvalue weighted by Crippen LogP contribution is 2.24. The van der Waals surface area contributed by atoms with E-state index in [4.69, 9.17) is 5.73 Å². The topological polar surface area (TPSA) is 43.8 Å². The zero-order chi connectivity index (χ0) is 12.7. The van der Waals surface area contributed by atoms with Crippen LogP contribution in [-0.4, -0.2) is 9.55 Å². The second kappa shape index (κ2) is 3.84. The maximum atomic E-state index is 12.9. The van der Waals surface area contributed by atoms with Gasteiger partial charge in [-0.1, -0.05) is 0 Å². The van der Waals surface area contributed by atoms with E-state index in [1.165, 1.54) is 12.1 Å². The standard InChI is InChI=1S/C14H12FN3/c1-18-13-7-6-11(16)8-12(13)17-14(18)9-2-4-10(15)5-3-9/h2-8H,16H2,1H3. The van der Waals surface area contributed by atoms with Crippen LogP contribution in [0.4, 0.5) is 10.1 Å². The highest BCUT2D eigenvalue weighted by atomic mass is 19.1. The van der Waals surface area contributed by atoms with Gasteiger partial charge in [-0.3, -0.25) is 0 Å². The molecule has 3 nitrogen and oxygen atoms in total. The predicted octanol–water partition coefficient (Wildman–Crippen LogP) is 2.96. The molecule has 0 amide bonds. The van der Waals surface area contributed by atoms with Crippen molar-refractivity contribution in [3.8, 4) is 11.4 Å². The van der Waals surface area contributed by atoms with E-state index in [9.17, 15) is 4.39 Å². The SMILES string of the molecule is Cn1c(-c2ccc(F)cc2)nc2cc(N)ccc21. The molecule has 0 radical (unpaired) electrons. The molecule has 0 saturated carbocycles. The number of hydrogen-bond donors (Lipinski definition) is 1. The van der Waals surface area contributed by atoms with Gasteiger partial charge in [-0.15, -0.1) is 0 Å². The highest BCUT2D eigenvalue weighted by molar-refractivity contribution is 5.83. The molecule has 1 heterocycles. The second-order valence-electron chi connectivity index (χ2n) is 4.25. The Morgan fingerprint density at radius 1 is 1.11 bits per heavy atom.